The smallest absolute Gasteiger partial charge is 0.407 e. The van der Waals surface area contributed by atoms with Gasteiger partial charge in [-0.05, 0) is 65.2 Å². The van der Waals surface area contributed by atoms with E-state index in [0.717, 1.165) is 38.8 Å². The number of alkyl carbamates (subject to hydrolysis) is 1. The molecule has 1 aliphatic heterocycles. The molecule has 0 aromatic rings. The Morgan fingerprint density at radius 2 is 1.75 bits per heavy atom. The van der Waals surface area contributed by atoms with E-state index < -0.39 is 11.7 Å². The lowest BCUT2D eigenvalue weighted by Crippen LogP contribution is -2.41. The molecule has 2 rings (SSSR count). The fraction of sp³-hybridized carbons (Fsp3) is 0.762. The molecule has 7 nitrogen and oxygen atoms in total. The number of likely N-dealkylation sites (tertiary alicyclic amines) is 1. The van der Waals surface area contributed by atoms with Gasteiger partial charge >= 0.3 is 6.09 Å². The summed E-state index contributed by atoms with van der Waals surface area (Å²) < 4.78 is 5.13. The molecule has 0 unspecified atom stereocenters. The van der Waals surface area contributed by atoms with Crippen LogP contribution in [0.25, 0.3) is 0 Å². The van der Waals surface area contributed by atoms with E-state index in [1.165, 1.54) is 18.4 Å². The van der Waals surface area contributed by atoms with Gasteiger partial charge in [-0.15, -0.1) is 0 Å². The number of amides is 3. The highest BCUT2D eigenvalue weighted by molar-refractivity contribution is 5.88. The van der Waals surface area contributed by atoms with Crippen LogP contribution in [-0.4, -0.2) is 54.6 Å². The maximum atomic E-state index is 12.3. The second kappa shape index (κ2) is 10.5. The van der Waals surface area contributed by atoms with Crippen LogP contribution in [0.2, 0.25) is 0 Å². The number of ether oxygens (including phenoxy) is 1. The molecule has 3 amide bonds. The third-order valence-electron chi connectivity index (χ3n) is 5.11. The van der Waals surface area contributed by atoms with Crippen molar-refractivity contribution in [1.29, 1.82) is 0 Å². The van der Waals surface area contributed by atoms with E-state index >= 15 is 0 Å². The summed E-state index contributed by atoms with van der Waals surface area (Å²) >= 11 is 0. The Bertz CT molecular complexity index is 579. The van der Waals surface area contributed by atoms with Gasteiger partial charge in [0.05, 0.1) is 0 Å². The predicted molar refractivity (Wildman–Crippen MR) is 108 cm³/mol. The molecular weight excluding hydrogens is 358 g/mol. The molecule has 0 aromatic carbocycles. The van der Waals surface area contributed by atoms with Crippen molar-refractivity contribution in [3.8, 4) is 0 Å². The number of carbonyl (C=O) groups excluding carboxylic acids is 3. The van der Waals surface area contributed by atoms with Gasteiger partial charge in [0.2, 0.25) is 11.8 Å². The normalized spacial score (nSPS) is 18.0. The van der Waals surface area contributed by atoms with Crippen LogP contribution < -0.4 is 10.6 Å². The number of nitrogens with zero attached hydrogens (tertiary/aromatic N) is 1. The molecule has 158 valence electrons. The van der Waals surface area contributed by atoms with Crippen molar-refractivity contribution in [3.05, 3.63) is 11.6 Å². The minimum absolute atomic E-state index is 0.0828. The van der Waals surface area contributed by atoms with Gasteiger partial charge in [0, 0.05) is 38.7 Å². The van der Waals surface area contributed by atoms with Crippen LogP contribution in [0, 0.1) is 5.92 Å². The fourth-order valence-electron chi connectivity index (χ4n) is 3.54. The van der Waals surface area contributed by atoms with Crippen molar-refractivity contribution in [2.75, 3.05) is 26.2 Å². The summed E-state index contributed by atoms with van der Waals surface area (Å²) in [5.41, 5.74) is 0.746. The molecule has 2 N–H and O–H groups in total. The molecule has 2 fully saturated rings. The van der Waals surface area contributed by atoms with Crippen LogP contribution in [0.3, 0.4) is 0 Å². The van der Waals surface area contributed by atoms with Gasteiger partial charge in [-0.3, -0.25) is 9.59 Å². The lowest BCUT2D eigenvalue weighted by Gasteiger charge is -2.31. The quantitative estimate of drug-likeness (QED) is 0.679. The zero-order valence-corrected chi connectivity index (χ0v) is 17.5. The van der Waals surface area contributed by atoms with E-state index in [0.29, 0.717) is 12.5 Å². The third kappa shape index (κ3) is 8.31. The Morgan fingerprint density at radius 1 is 1.11 bits per heavy atom. The van der Waals surface area contributed by atoms with Gasteiger partial charge in [-0.25, -0.2) is 4.79 Å². The average Bonchev–Trinajstić information content (AvgIpc) is 3.12. The second-order valence-electron chi connectivity index (χ2n) is 8.76. The van der Waals surface area contributed by atoms with E-state index in [1.807, 2.05) is 11.0 Å². The van der Waals surface area contributed by atoms with Crippen LogP contribution in [-0.2, 0) is 14.3 Å². The number of nitrogens with one attached hydrogen (secondary N) is 2. The summed E-state index contributed by atoms with van der Waals surface area (Å²) in [5, 5.41) is 5.51. The van der Waals surface area contributed by atoms with Crippen LogP contribution in [0.1, 0.15) is 65.7 Å². The molecule has 0 bridgehead atoms. The van der Waals surface area contributed by atoms with Crippen molar-refractivity contribution in [3.63, 3.8) is 0 Å². The summed E-state index contributed by atoms with van der Waals surface area (Å²) in [6.07, 6.45) is 7.91. The van der Waals surface area contributed by atoms with Crippen molar-refractivity contribution >= 4 is 17.9 Å². The first-order valence-electron chi connectivity index (χ1n) is 10.4. The Balaban J connectivity index is 1.57. The first kappa shape index (κ1) is 22.2. The third-order valence-corrected chi connectivity index (χ3v) is 5.11. The summed E-state index contributed by atoms with van der Waals surface area (Å²) in [4.78, 5) is 37.7. The zero-order valence-electron chi connectivity index (χ0n) is 17.5. The van der Waals surface area contributed by atoms with E-state index in [2.05, 4.69) is 10.6 Å². The molecule has 0 radical (unpaired) electrons. The summed E-state index contributed by atoms with van der Waals surface area (Å²) in [6.45, 7) is 7.76. The number of hydrogen-bond donors (Lipinski definition) is 2. The highest BCUT2D eigenvalue weighted by atomic mass is 16.6. The van der Waals surface area contributed by atoms with Crippen molar-refractivity contribution in [2.24, 2.45) is 5.92 Å². The van der Waals surface area contributed by atoms with Crippen LogP contribution >= 0.6 is 0 Å². The number of allylic oxidation sites excluding steroid dienone is 1. The number of hydrogen-bond acceptors (Lipinski definition) is 4. The standard InChI is InChI=1S/C21H35N3O4/c1-21(2,3)28-20(27)22-11-8-18(25)23-15-17-9-12-24(13-10-17)19(26)14-16-6-4-5-7-16/h14,17H,4-13,15H2,1-3H3,(H,22,27)(H,23,25). The molecule has 7 heteroatoms. The Morgan fingerprint density at radius 3 is 2.36 bits per heavy atom. The molecule has 0 atom stereocenters. The molecule has 1 saturated heterocycles. The first-order chi connectivity index (χ1) is 13.2. The molecule has 0 spiro atoms. The van der Waals surface area contributed by atoms with Crippen molar-refractivity contribution in [1.82, 2.24) is 15.5 Å². The lowest BCUT2D eigenvalue weighted by atomic mass is 9.96. The van der Waals surface area contributed by atoms with Crippen molar-refractivity contribution < 1.29 is 19.1 Å². The highest BCUT2D eigenvalue weighted by Crippen LogP contribution is 2.24. The number of piperidine rings is 1. The summed E-state index contributed by atoms with van der Waals surface area (Å²) in [5.74, 6) is 0.457. The van der Waals surface area contributed by atoms with Crippen LogP contribution in [0.5, 0.6) is 0 Å². The molecule has 0 aromatic heterocycles. The lowest BCUT2D eigenvalue weighted by molar-refractivity contribution is -0.127. The largest absolute Gasteiger partial charge is 0.444 e. The fourth-order valence-corrected chi connectivity index (χ4v) is 3.54. The molecule has 1 aliphatic carbocycles. The predicted octanol–water partition coefficient (Wildman–Crippen LogP) is 2.76. The topological polar surface area (TPSA) is 87.7 Å². The van der Waals surface area contributed by atoms with Gasteiger partial charge in [0.15, 0.2) is 0 Å². The van der Waals surface area contributed by atoms with E-state index in [-0.39, 0.29) is 24.8 Å². The maximum absolute atomic E-state index is 12.3. The molecular formula is C21H35N3O4. The van der Waals surface area contributed by atoms with E-state index in [1.54, 1.807) is 20.8 Å². The molecule has 1 saturated carbocycles. The first-order valence-corrected chi connectivity index (χ1v) is 10.4. The minimum atomic E-state index is -0.545. The number of rotatable bonds is 6. The molecule has 1 heterocycles. The monoisotopic (exact) mass is 393 g/mol. The summed E-state index contributed by atoms with van der Waals surface area (Å²) in [6, 6.07) is 0. The van der Waals surface area contributed by atoms with Gasteiger partial charge < -0.3 is 20.3 Å². The van der Waals surface area contributed by atoms with Crippen LogP contribution in [0.4, 0.5) is 4.79 Å². The average molecular weight is 394 g/mol. The Kier molecular flexibility index (Phi) is 8.33. The van der Waals surface area contributed by atoms with Crippen molar-refractivity contribution in [2.45, 2.75) is 71.3 Å². The zero-order chi connectivity index (χ0) is 20.6. The Hall–Kier alpha value is -2.05. The van der Waals surface area contributed by atoms with E-state index in [4.69, 9.17) is 4.74 Å². The molecule has 2 aliphatic rings. The SMILES string of the molecule is CC(C)(C)OC(=O)NCCC(=O)NCC1CCN(C(=O)C=C2CCCC2)CC1. The van der Waals surface area contributed by atoms with Gasteiger partial charge in [-0.1, -0.05) is 5.57 Å². The van der Waals surface area contributed by atoms with Crippen LogP contribution in [0.15, 0.2) is 11.6 Å². The van der Waals surface area contributed by atoms with E-state index in [9.17, 15) is 14.4 Å². The second-order valence-corrected chi connectivity index (χ2v) is 8.76. The maximum Gasteiger partial charge on any atom is 0.407 e. The Labute approximate surface area is 168 Å². The minimum Gasteiger partial charge on any atom is -0.444 e. The highest BCUT2D eigenvalue weighted by Gasteiger charge is 2.23. The number of carbonyl (C=O) groups is 3. The molecule has 28 heavy (non-hydrogen) atoms. The summed E-state index contributed by atoms with van der Waals surface area (Å²) in [7, 11) is 0. The van der Waals surface area contributed by atoms with Gasteiger partial charge in [-0.2, -0.15) is 0 Å². The van der Waals surface area contributed by atoms with Gasteiger partial charge in [0.1, 0.15) is 5.60 Å². The van der Waals surface area contributed by atoms with Gasteiger partial charge in [0.25, 0.3) is 0 Å².